The predicted octanol–water partition coefficient (Wildman–Crippen LogP) is 3.66. The van der Waals surface area contributed by atoms with Crippen LogP contribution in [-0.4, -0.2) is 71.1 Å². The summed E-state index contributed by atoms with van der Waals surface area (Å²) in [6, 6.07) is 7.99. The van der Waals surface area contributed by atoms with E-state index in [2.05, 4.69) is 24.1 Å². The first-order chi connectivity index (χ1) is 15.9. The Morgan fingerprint density at radius 2 is 1.91 bits per heavy atom. The lowest BCUT2D eigenvalue weighted by Gasteiger charge is -2.45. The Morgan fingerprint density at radius 1 is 1.18 bits per heavy atom. The standard InChI is InChI=1S/C26H38N4O3/c1-5-28(6-2)14-15-30-24(31)23-16-19-12-13-21(33-4)17-22(19)29(23)18-26(30,3)25(32)27-20-10-8-7-9-11-20/h12-13,16-17,20H,5-11,14-15,18H2,1-4H3,(H,27,32)/t26-/m0/s1. The average Bonchev–Trinajstić information content (AvgIpc) is 3.19. The zero-order chi connectivity index (χ0) is 23.6. The van der Waals surface area contributed by atoms with E-state index in [-0.39, 0.29) is 17.9 Å². The molecule has 0 bridgehead atoms. The number of ether oxygens (including phenoxy) is 1. The van der Waals surface area contributed by atoms with Gasteiger partial charge in [-0.05, 0) is 51.1 Å². The number of aromatic nitrogens is 1. The number of hydrogen-bond acceptors (Lipinski definition) is 4. The molecule has 1 aliphatic heterocycles. The fourth-order valence-electron chi connectivity index (χ4n) is 5.38. The van der Waals surface area contributed by atoms with Gasteiger partial charge in [0.25, 0.3) is 5.91 Å². The number of nitrogens with zero attached hydrogens (tertiary/aromatic N) is 3. The molecule has 2 aromatic rings. The van der Waals surface area contributed by atoms with Crippen LogP contribution in [0.5, 0.6) is 5.75 Å². The Hall–Kier alpha value is -2.54. The molecule has 1 saturated carbocycles. The number of methoxy groups -OCH3 is 1. The molecule has 1 aliphatic carbocycles. The first-order valence-electron chi connectivity index (χ1n) is 12.4. The molecule has 2 heterocycles. The van der Waals surface area contributed by atoms with Crippen molar-refractivity contribution >= 4 is 22.7 Å². The van der Waals surface area contributed by atoms with E-state index in [0.717, 1.165) is 62.0 Å². The molecule has 2 aliphatic rings. The molecule has 1 aromatic carbocycles. The van der Waals surface area contributed by atoms with E-state index in [1.165, 1.54) is 6.42 Å². The third-order valence-electron chi connectivity index (χ3n) is 7.60. The van der Waals surface area contributed by atoms with Crippen LogP contribution in [0.2, 0.25) is 0 Å². The average molecular weight is 455 g/mol. The van der Waals surface area contributed by atoms with E-state index in [1.54, 1.807) is 7.11 Å². The van der Waals surface area contributed by atoms with E-state index in [9.17, 15) is 9.59 Å². The van der Waals surface area contributed by atoms with Gasteiger partial charge in [0, 0.05) is 30.6 Å². The number of fused-ring (bicyclic) bond motifs is 3. The minimum Gasteiger partial charge on any atom is -0.497 e. The maximum Gasteiger partial charge on any atom is 0.271 e. The van der Waals surface area contributed by atoms with E-state index in [4.69, 9.17) is 4.74 Å². The van der Waals surface area contributed by atoms with Gasteiger partial charge in [-0.2, -0.15) is 0 Å². The van der Waals surface area contributed by atoms with Gasteiger partial charge >= 0.3 is 0 Å². The predicted molar refractivity (Wildman–Crippen MR) is 131 cm³/mol. The second-order valence-electron chi connectivity index (χ2n) is 9.61. The van der Waals surface area contributed by atoms with Crippen LogP contribution in [0.15, 0.2) is 24.3 Å². The highest BCUT2D eigenvalue weighted by Crippen LogP contribution is 2.34. The lowest BCUT2D eigenvalue weighted by molar-refractivity contribution is -0.133. The number of carbonyl (C=O) groups excluding carboxylic acids is 2. The van der Waals surface area contributed by atoms with E-state index in [0.29, 0.717) is 18.8 Å². The molecule has 4 rings (SSSR count). The van der Waals surface area contributed by atoms with Crippen molar-refractivity contribution in [1.82, 2.24) is 19.7 Å². The third kappa shape index (κ3) is 4.47. The van der Waals surface area contributed by atoms with Crippen LogP contribution in [0.25, 0.3) is 10.9 Å². The Morgan fingerprint density at radius 3 is 2.58 bits per heavy atom. The van der Waals surface area contributed by atoms with Gasteiger partial charge in [-0.25, -0.2) is 0 Å². The quantitative estimate of drug-likeness (QED) is 0.661. The first kappa shape index (κ1) is 23.6. The van der Waals surface area contributed by atoms with Crippen LogP contribution in [0.3, 0.4) is 0 Å². The summed E-state index contributed by atoms with van der Waals surface area (Å²) in [4.78, 5) is 31.7. The van der Waals surface area contributed by atoms with Crippen LogP contribution < -0.4 is 10.1 Å². The Bertz CT molecular complexity index is 1010. The monoisotopic (exact) mass is 454 g/mol. The van der Waals surface area contributed by atoms with Crippen LogP contribution in [0, 0.1) is 0 Å². The molecule has 1 fully saturated rings. The summed E-state index contributed by atoms with van der Waals surface area (Å²) in [5.74, 6) is 0.621. The minimum absolute atomic E-state index is 0.0438. The molecule has 0 unspecified atom stereocenters. The van der Waals surface area contributed by atoms with Gasteiger partial charge in [-0.15, -0.1) is 0 Å². The second-order valence-corrected chi connectivity index (χ2v) is 9.61. The molecule has 0 saturated heterocycles. The minimum atomic E-state index is -0.955. The Balaban J connectivity index is 1.71. The molecule has 1 atom stereocenters. The lowest BCUT2D eigenvalue weighted by Crippen LogP contribution is -2.65. The molecule has 7 nitrogen and oxygen atoms in total. The molecule has 33 heavy (non-hydrogen) atoms. The first-order valence-corrected chi connectivity index (χ1v) is 12.4. The molecule has 1 aromatic heterocycles. The molecular formula is C26H38N4O3. The molecule has 0 spiro atoms. The summed E-state index contributed by atoms with van der Waals surface area (Å²) < 4.78 is 7.44. The summed E-state index contributed by atoms with van der Waals surface area (Å²) in [7, 11) is 1.64. The number of hydrogen-bond donors (Lipinski definition) is 1. The normalized spacial score (nSPS) is 21.5. The maximum absolute atomic E-state index is 13.8. The molecular weight excluding hydrogens is 416 g/mol. The fraction of sp³-hybridized carbons (Fsp3) is 0.615. The van der Waals surface area contributed by atoms with Gasteiger partial charge in [0.2, 0.25) is 5.91 Å². The number of likely N-dealkylation sites (N-methyl/N-ethyl adjacent to an activating group) is 1. The van der Waals surface area contributed by atoms with Crippen molar-refractivity contribution in [2.75, 3.05) is 33.3 Å². The van der Waals surface area contributed by atoms with Crippen molar-refractivity contribution < 1.29 is 14.3 Å². The zero-order valence-electron chi connectivity index (χ0n) is 20.5. The van der Waals surface area contributed by atoms with E-state index >= 15 is 0 Å². The number of rotatable bonds is 8. The number of carbonyl (C=O) groups is 2. The van der Waals surface area contributed by atoms with Crippen molar-refractivity contribution in [3.05, 3.63) is 30.0 Å². The van der Waals surface area contributed by atoms with Crippen molar-refractivity contribution in [2.45, 2.75) is 71.0 Å². The molecule has 2 amide bonds. The summed E-state index contributed by atoms with van der Waals surface area (Å²) in [5.41, 5.74) is 0.613. The topological polar surface area (TPSA) is 66.8 Å². The summed E-state index contributed by atoms with van der Waals surface area (Å²) in [6.45, 7) is 9.73. The fourth-order valence-corrected chi connectivity index (χ4v) is 5.38. The number of amides is 2. The molecule has 1 N–H and O–H groups in total. The molecule has 7 heteroatoms. The van der Waals surface area contributed by atoms with Gasteiger partial charge < -0.3 is 24.4 Å². The highest BCUT2D eigenvalue weighted by atomic mass is 16.5. The van der Waals surface area contributed by atoms with Crippen molar-refractivity contribution in [3.8, 4) is 5.75 Å². The number of benzene rings is 1. The van der Waals surface area contributed by atoms with Crippen molar-refractivity contribution in [3.63, 3.8) is 0 Å². The SMILES string of the molecule is CCN(CC)CCN1C(=O)c2cc3ccc(OC)cc3n2C[C@@]1(C)C(=O)NC1CCCCC1. The van der Waals surface area contributed by atoms with Crippen LogP contribution >= 0.6 is 0 Å². The number of nitrogens with one attached hydrogen (secondary N) is 1. The van der Waals surface area contributed by atoms with Gasteiger partial charge in [0.15, 0.2) is 0 Å². The van der Waals surface area contributed by atoms with Gasteiger partial charge in [-0.1, -0.05) is 33.1 Å². The highest BCUT2D eigenvalue weighted by Gasteiger charge is 2.48. The van der Waals surface area contributed by atoms with Crippen LogP contribution in [0.1, 0.15) is 63.4 Å². The van der Waals surface area contributed by atoms with Crippen molar-refractivity contribution in [1.29, 1.82) is 0 Å². The van der Waals surface area contributed by atoms with Gasteiger partial charge in [0.1, 0.15) is 17.0 Å². The third-order valence-corrected chi connectivity index (χ3v) is 7.60. The zero-order valence-corrected chi connectivity index (χ0v) is 20.5. The maximum atomic E-state index is 13.8. The molecule has 180 valence electrons. The summed E-state index contributed by atoms with van der Waals surface area (Å²) >= 11 is 0. The molecule has 0 radical (unpaired) electrons. The summed E-state index contributed by atoms with van der Waals surface area (Å²) in [5, 5.41) is 4.29. The second kappa shape index (κ2) is 9.75. The summed E-state index contributed by atoms with van der Waals surface area (Å²) in [6.07, 6.45) is 5.57. The lowest BCUT2D eigenvalue weighted by atomic mass is 9.91. The largest absolute Gasteiger partial charge is 0.497 e. The Labute approximate surface area is 197 Å². The Kier molecular flexibility index (Phi) is 6.98. The van der Waals surface area contributed by atoms with Gasteiger partial charge in [0.05, 0.1) is 19.2 Å². The van der Waals surface area contributed by atoms with Gasteiger partial charge in [-0.3, -0.25) is 9.59 Å². The smallest absolute Gasteiger partial charge is 0.271 e. The van der Waals surface area contributed by atoms with Crippen LogP contribution in [0.4, 0.5) is 0 Å². The van der Waals surface area contributed by atoms with E-state index < -0.39 is 5.54 Å². The van der Waals surface area contributed by atoms with Crippen molar-refractivity contribution in [2.24, 2.45) is 0 Å². The van der Waals surface area contributed by atoms with E-state index in [1.807, 2.05) is 40.7 Å². The van der Waals surface area contributed by atoms with Crippen LogP contribution in [-0.2, 0) is 11.3 Å². The highest BCUT2D eigenvalue weighted by molar-refractivity contribution is 6.03.